The summed E-state index contributed by atoms with van der Waals surface area (Å²) in [4.78, 5) is 10.0. The first-order valence-electron chi connectivity index (χ1n) is 2.74. The van der Waals surface area contributed by atoms with Gasteiger partial charge in [-0.1, -0.05) is 0 Å². The molecule has 0 radical (unpaired) electrons. The molecule has 4 nitrogen and oxygen atoms in total. The molecular formula is C6H11KO4. The molecule has 0 rings (SSSR count). The van der Waals surface area contributed by atoms with E-state index in [-0.39, 0.29) is 51.4 Å². The molecule has 0 aromatic rings. The minimum absolute atomic E-state index is 0. The Bertz CT molecular complexity index is 171. The molecule has 3 N–H and O–H groups in total. The fraction of sp³-hybridized carbons (Fsp3) is 0.500. The van der Waals surface area contributed by atoms with Crippen molar-refractivity contribution in [1.29, 1.82) is 0 Å². The number of hydrogen-bond donors (Lipinski definition) is 3. The van der Waals surface area contributed by atoms with E-state index < -0.39 is 17.8 Å². The third-order valence-electron chi connectivity index (χ3n) is 1.01. The van der Waals surface area contributed by atoms with E-state index in [9.17, 15) is 4.79 Å². The molecule has 0 heterocycles. The molecule has 1 atom stereocenters. The fourth-order valence-corrected chi connectivity index (χ4v) is 0.390. The van der Waals surface area contributed by atoms with E-state index in [1.54, 1.807) is 0 Å². The van der Waals surface area contributed by atoms with Gasteiger partial charge in [0.05, 0.1) is 0 Å². The molecule has 5 heteroatoms. The number of aliphatic hydroxyl groups excluding tert-OH is 2. The van der Waals surface area contributed by atoms with Gasteiger partial charge in [0.15, 0.2) is 0 Å². The van der Waals surface area contributed by atoms with Crippen LogP contribution in [0.3, 0.4) is 0 Å². The van der Waals surface area contributed by atoms with Gasteiger partial charge in [-0.25, -0.2) is 4.79 Å². The zero-order chi connectivity index (χ0) is 8.31. The first kappa shape index (κ1) is 14.1. The fourth-order valence-electron chi connectivity index (χ4n) is 0.390. The molecule has 11 heavy (non-hydrogen) atoms. The first-order valence-corrected chi connectivity index (χ1v) is 2.74. The van der Waals surface area contributed by atoms with E-state index >= 15 is 0 Å². The second-order valence-corrected chi connectivity index (χ2v) is 2.13. The van der Waals surface area contributed by atoms with E-state index in [1.165, 1.54) is 13.8 Å². The summed E-state index contributed by atoms with van der Waals surface area (Å²) in [5.41, 5.74) is 0.398. The van der Waals surface area contributed by atoms with Gasteiger partial charge in [0, 0.05) is 0 Å². The molecule has 0 saturated carbocycles. The number of aliphatic hydroxyl groups is 2. The number of rotatable bonds is 2. The van der Waals surface area contributed by atoms with E-state index in [4.69, 9.17) is 15.3 Å². The Hall–Kier alpha value is 0.606. The minimum atomic E-state index is -1.79. The number of carboxylic acid groups (broad SMARTS) is 1. The van der Waals surface area contributed by atoms with Gasteiger partial charge in [0.2, 0.25) is 6.10 Å². The Balaban J connectivity index is 0. The van der Waals surface area contributed by atoms with Crippen molar-refractivity contribution in [3.8, 4) is 0 Å². The van der Waals surface area contributed by atoms with Crippen LogP contribution in [-0.2, 0) is 4.79 Å². The van der Waals surface area contributed by atoms with Gasteiger partial charge in [0.1, 0.15) is 5.76 Å². The Morgan fingerprint density at radius 2 is 1.64 bits per heavy atom. The summed E-state index contributed by atoms with van der Waals surface area (Å²) >= 11 is 0. The zero-order valence-corrected chi connectivity index (χ0v) is 5.83. The predicted molar refractivity (Wildman–Crippen MR) is 41.8 cm³/mol. The van der Waals surface area contributed by atoms with Gasteiger partial charge in [0.25, 0.3) is 0 Å². The van der Waals surface area contributed by atoms with Crippen LogP contribution in [0.2, 0.25) is 0 Å². The van der Waals surface area contributed by atoms with Gasteiger partial charge >= 0.3 is 57.4 Å². The monoisotopic (exact) mass is 186 g/mol. The van der Waals surface area contributed by atoms with Crippen LogP contribution in [0.15, 0.2) is 11.3 Å². The number of aliphatic carboxylic acids is 1. The number of carbonyl (C=O) groups is 1. The molecule has 0 aromatic heterocycles. The van der Waals surface area contributed by atoms with E-state index in [0.29, 0.717) is 5.57 Å². The SMILES string of the molecule is CC(C)=C(O)C(O)C(=O)O.[KH]. The zero-order valence-electron chi connectivity index (χ0n) is 5.83. The van der Waals surface area contributed by atoms with Gasteiger partial charge in [-0.15, -0.1) is 0 Å². The molecule has 0 spiro atoms. The van der Waals surface area contributed by atoms with Crippen molar-refractivity contribution in [2.24, 2.45) is 0 Å². The van der Waals surface area contributed by atoms with Crippen LogP contribution in [0.5, 0.6) is 0 Å². The van der Waals surface area contributed by atoms with Gasteiger partial charge < -0.3 is 15.3 Å². The van der Waals surface area contributed by atoms with E-state index in [2.05, 4.69) is 0 Å². The third kappa shape index (κ3) is 4.94. The van der Waals surface area contributed by atoms with E-state index in [1.807, 2.05) is 0 Å². The molecular weight excluding hydrogens is 175 g/mol. The standard InChI is InChI=1S/C6H10O4.K.H/c1-3(2)4(7)5(8)6(9)10;;/h5,7-8H,1-2H3,(H,9,10);;. The molecule has 0 saturated heterocycles. The van der Waals surface area contributed by atoms with Crippen LogP contribution in [-0.4, -0.2) is 78.8 Å². The normalized spacial score (nSPS) is 11.2. The number of carboxylic acids is 1. The van der Waals surface area contributed by atoms with Crippen LogP contribution >= 0.6 is 0 Å². The molecule has 0 aliphatic heterocycles. The molecule has 60 valence electrons. The molecule has 0 aliphatic rings. The number of allylic oxidation sites excluding steroid dienone is 1. The summed E-state index contributed by atoms with van der Waals surface area (Å²) in [7, 11) is 0. The van der Waals surface area contributed by atoms with Crippen LogP contribution in [0.4, 0.5) is 0 Å². The van der Waals surface area contributed by atoms with Crippen LogP contribution in [0.25, 0.3) is 0 Å². The summed E-state index contributed by atoms with van der Waals surface area (Å²) in [6, 6.07) is 0. The van der Waals surface area contributed by atoms with Gasteiger partial charge in [-0.2, -0.15) is 0 Å². The molecule has 0 fully saturated rings. The van der Waals surface area contributed by atoms with Crippen molar-refractivity contribution in [2.45, 2.75) is 20.0 Å². The van der Waals surface area contributed by atoms with Gasteiger partial charge in [-0.05, 0) is 19.4 Å². The van der Waals surface area contributed by atoms with Crippen molar-refractivity contribution < 1.29 is 20.1 Å². The quantitative estimate of drug-likeness (QED) is 0.406. The van der Waals surface area contributed by atoms with Gasteiger partial charge in [-0.3, -0.25) is 0 Å². The Morgan fingerprint density at radius 3 is 1.73 bits per heavy atom. The van der Waals surface area contributed by atoms with Crippen LogP contribution < -0.4 is 0 Å². The second-order valence-electron chi connectivity index (χ2n) is 2.13. The van der Waals surface area contributed by atoms with Crippen LogP contribution in [0.1, 0.15) is 13.8 Å². The Kier molecular flexibility index (Phi) is 7.92. The van der Waals surface area contributed by atoms with Crippen molar-refractivity contribution in [1.82, 2.24) is 0 Å². The van der Waals surface area contributed by atoms with Crippen LogP contribution in [0, 0.1) is 0 Å². The molecule has 1 unspecified atom stereocenters. The van der Waals surface area contributed by atoms with Crippen molar-refractivity contribution in [3.63, 3.8) is 0 Å². The maximum absolute atomic E-state index is 10.0. The molecule has 0 amide bonds. The predicted octanol–water partition coefficient (Wildman–Crippen LogP) is -0.365. The summed E-state index contributed by atoms with van der Waals surface area (Å²) in [6.07, 6.45) is -1.79. The Morgan fingerprint density at radius 1 is 1.27 bits per heavy atom. The topological polar surface area (TPSA) is 77.8 Å². The van der Waals surface area contributed by atoms with Crippen molar-refractivity contribution in [2.75, 3.05) is 0 Å². The molecule has 0 aromatic carbocycles. The number of hydrogen-bond acceptors (Lipinski definition) is 3. The first-order chi connectivity index (χ1) is 4.46. The maximum atomic E-state index is 10.0. The molecule has 0 aliphatic carbocycles. The third-order valence-corrected chi connectivity index (χ3v) is 1.01. The Labute approximate surface area is 107 Å². The summed E-state index contributed by atoms with van der Waals surface area (Å²) in [5.74, 6) is -1.94. The second kappa shape index (κ2) is 6.16. The molecule has 0 bridgehead atoms. The average molecular weight is 186 g/mol. The van der Waals surface area contributed by atoms with E-state index in [0.717, 1.165) is 0 Å². The summed E-state index contributed by atoms with van der Waals surface area (Å²) in [6.45, 7) is 3.03. The summed E-state index contributed by atoms with van der Waals surface area (Å²) < 4.78 is 0. The van der Waals surface area contributed by atoms with Crippen molar-refractivity contribution >= 4 is 57.4 Å². The summed E-state index contributed by atoms with van der Waals surface area (Å²) in [5, 5.41) is 25.6. The average Bonchev–Trinajstić information content (AvgIpc) is 1.84. The van der Waals surface area contributed by atoms with Crippen molar-refractivity contribution in [3.05, 3.63) is 11.3 Å².